The van der Waals surface area contributed by atoms with Crippen molar-refractivity contribution in [1.82, 2.24) is 15.3 Å². The molecule has 6 heteroatoms. The van der Waals surface area contributed by atoms with Gasteiger partial charge in [-0.3, -0.25) is 4.79 Å². The third-order valence-electron chi connectivity index (χ3n) is 2.78. The SMILES string of the molecule is COc1cccc(N)c1C(=O)NC(C)c1ncc[nH]1. The van der Waals surface area contributed by atoms with E-state index >= 15 is 0 Å². The molecule has 2 aromatic rings. The normalized spacial score (nSPS) is 11.9. The number of anilines is 1. The van der Waals surface area contributed by atoms with Crippen molar-refractivity contribution in [3.8, 4) is 5.75 Å². The highest BCUT2D eigenvalue weighted by Crippen LogP contribution is 2.24. The summed E-state index contributed by atoms with van der Waals surface area (Å²) in [4.78, 5) is 19.3. The summed E-state index contributed by atoms with van der Waals surface area (Å²) in [5.41, 5.74) is 6.54. The fourth-order valence-corrected chi connectivity index (χ4v) is 1.81. The summed E-state index contributed by atoms with van der Waals surface area (Å²) in [7, 11) is 1.50. The molecule has 1 amide bonds. The van der Waals surface area contributed by atoms with Crippen molar-refractivity contribution in [3.05, 3.63) is 42.0 Å². The van der Waals surface area contributed by atoms with Gasteiger partial charge in [-0.05, 0) is 19.1 Å². The molecule has 0 aliphatic heterocycles. The Hall–Kier alpha value is -2.50. The number of nitrogens with two attached hydrogens (primary N) is 1. The molecule has 1 atom stereocenters. The minimum absolute atomic E-state index is 0.244. The van der Waals surface area contributed by atoms with Gasteiger partial charge in [-0.2, -0.15) is 0 Å². The number of nitrogens with one attached hydrogen (secondary N) is 2. The molecule has 4 N–H and O–H groups in total. The Morgan fingerprint density at radius 3 is 2.95 bits per heavy atom. The number of nitrogen functional groups attached to an aromatic ring is 1. The molecule has 2 rings (SSSR count). The van der Waals surface area contributed by atoms with Gasteiger partial charge in [0.1, 0.15) is 17.1 Å². The van der Waals surface area contributed by atoms with E-state index in [2.05, 4.69) is 15.3 Å². The van der Waals surface area contributed by atoms with Crippen LogP contribution < -0.4 is 15.8 Å². The van der Waals surface area contributed by atoms with Crippen molar-refractivity contribution in [2.75, 3.05) is 12.8 Å². The fraction of sp³-hybridized carbons (Fsp3) is 0.231. The van der Waals surface area contributed by atoms with Crippen molar-refractivity contribution >= 4 is 11.6 Å². The number of ether oxygens (including phenoxy) is 1. The smallest absolute Gasteiger partial charge is 0.257 e. The van der Waals surface area contributed by atoms with Crippen LogP contribution in [0.5, 0.6) is 5.75 Å². The number of nitrogens with zero attached hydrogens (tertiary/aromatic N) is 1. The van der Waals surface area contributed by atoms with Crippen molar-refractivity contribution in [2.45, 2.75) is 13.0 Å². The van der Waals surface area contributed by atoms with Gasteiger partial charge in [0.25, 0.3) is 5.91 Å². The molecule has 0 aliphatic rings. The summed E-state index contributed by atoms with van der Waals surface area (Å²) in [5, 5.41) is 2.82. The monoisotopic (exact) mass is 260 g/mol. The van der Waals surface area contributed by atoms with Gasteiger partial charge in [0.15, 0.2) is 0 Å². The van der Waals surface area contributed by atoms with Gasteiger partial charge in [0, 0.05) is 18.1 Å². The van der Waals surface area contributed by atoms with E-state index in [1.54, 1.807) is 30.6 Å². The lowest BCUT2D eigenvalue weighted by atomic mass is 10.1. The molecule has 0 bridgehead atoms. The predicted octanol–water partition coefficient (Wildman–Crippen LogP) is 1.49. The zero-order valence-electron chi connectivity index (χ0n) is 10.8. The van der Waals surface area contributed by atoms with Gasteiger partial charge in [0.2, 0.25) is 0 Å². The second kappa shape index (κ2) is 5.43. The van der Waals surface area contributed by atoms with E-state index < -0.39 is 0 Å². The number of hydrogen-bond donors (Lipinski definition) is 3. The summed E-state index contributed by atoms with van der Waals surface area (Å²) in [6.07, 6.45) is 3.34. The minimum atomic E-state index is -0.293. The molecule has 6 nitrogen and oxygen atoms in total. The van der Waals surface area contributed by atoms with Gasteiger partial charge in [-0.1, -0.05) is 6.07 Å². The quantitative estimate of drug-likeness (QED) is 0.726. The average Bonchev–Trinajstić information content (AvgIpc) is 2.92. The highest BCUT2D eigenvalue weighted by molar-refractivity contribution is 6.02. The van der Waals surface area contributed by atoms with E-state index in [0.29, 0.717) is 22.8 Å². The number of amides is 1. The first-order chi connectivity index (χ1) is 9.13. The molecule has 1 aromatic heterocycles. The molecule has 0 fully saturated rings. The second-order valence-corrected chi connectivity index (χ2v) is 4.09. The van der Waals surface area contributed by atoms with Gasteiger partial charge >= 0.3 is 0 Å². The van der Waals surface area contributed by atoms with E-state index in [1.165, 1.54) is 7.11 Å². The van der Waals surface area contributed by atoms with Crippen molar-refractivity contribution in [2.24, 2.45) is 0 Å². The van der Waals surface area contributed by atoms with E-state index in [1.807, 2.05) is 6.92 Å². The zero-order chi connectivity index (χ0) is 13.8. The first kappa shape index (κ1) is 12.9. The third-order valence-corrected chi connectivity index (χ3v) is 2.78. The van der Waals surface area contributed by atoms with Gasteiger partial charge in [0.05, 0.1) is 13.2 Å². The number of aromatic amines is 1. The Morgan fingerprint density at radius 1 is 1.53 bits per heavy atom. The number of methoxy groups -OCH3 is 1. The highest BCUT2D eigenvalue weighted by Gasteiger charge is 2.18. The van der Waals surface area contributed by atoms with Crippen LogP contribution in [0.1, 0.15) is 29.1 Å². The summed E-state index contributed by atoms with van der Waals surface area (Å²) < 4.78 is 5.16. The predicted molar refractivity (Wildman–Crippen MR) is 71.9 cm³/mol. The van der Waals surface area contributed by atoms with Crippen LogP contribution in [0.15, 0.2) is 30.6 Å². The fourth-order valence-electron chi connectivity index (χ4n) is 1.81. The molecule has 19 heavy (non-hydrogen) atoms. The number of aromatic nitrogens is 2. The largest absolute Gasteiger partial charge is 0.496 e. The number of benzene rings is 1. The summed E-state index contributed by atoms with van der Waals surface area (Å²) >= 11 is 0. The minimum Gasteiger partial charge on any atom is -0.496 e. The molecular formula is C13H16N4O2. The van der Waals surface area contributed by atoms with E-state index in [9.17, 15) is 4.79 Å². The third kappa shape index (κ3) is 2.67. The highest BCUT2D eigenvalue weighted by atomic mass is 16.5. The standard InChI is InChI=1S/C13H16N4O2/c1-8(12-15-6-7-16-12)17-13(18)11-9(14)4-3-5-10(11)19-2/h3-8H,14H2,1-2H3,(H,15,16)(H,17,18). The van der Waals surface area contributed by atoms with Crippen molar-refractivity contribution in [1.29, 1.82) is 0 Å². The average molecular weight is 260 g/mol. The van der Waals surface area contributed by atoms with Crippen LogP contribution in [-0.4, -0.2) is 23.0 Å². The summed E-state index contributed by atoms with van der Waals surface area (Å²) in [5.74, 6) is 0.838. The number of rotatable bonds is 4. The Balaban J connectivity index is 2.21. The van der Waals surface area contributed by atoms with Gasteiger partial charge in [-0.15, -0.1) is 0 Å². The first-order valence-corrected chi connectivity index (χ1v) is 5.86. The van der Waals surface area contributed by atoms with Crippen LogP contribution in [-0.2, 0) is 0 Å². The van der Waals surface area contributed by atoms with Crippen molar-refractivity contribution in [3.63, 3.8) is 0 Å². The number of carbonyl (C=O) groups is 1. The van der Waals surface area contributed by atoms with Crippen LogP contribution in [0, 0.1) is 0 Å². The molecule has 0 saturated carbocycles. The Bertz CT molecular complexity index is 566. The maximum atomic E-state index is 12.2. The van der Waals surface area contributed by atoms with Crippen LogP contribution in [0.2, 0.25) is 0 Å². The summed E-state index contributed by atoms with van der Waals surface area (Å²) in [6.45, 7) is 1.84. The van der Waals surface area contributed by atoms with E-state index in [0.717, 1.165) is 0 Å². The molecular weight excluding hydrogens is 244 g/mol. The Morgan fingerprint density at radius 2 is 2.32 bits per heavy atom. The Kier molecular flexibility index (Phi) is 3.70. The van der Waals surface area contributed by atoms with Crippen LogP contribution >= 0.6 is 0 Å². The van der Waals surface area contributed by atoms with Gasteiger partial charge < -0.3 is 20.8 Å². The lowest BCUT2D eigenvalue weighted by Gasteiger charge is -2.14. The van der Waals surface area contributed by atoms with Crippen LogP contribution in [0.4, 0.5) is 5.69 Å². The molecule has 0 radical (unpaired) electrons. The number of carbonyl (C=O) groups excluding carboxylic acids is 1. The first-order valence-electron chi connectivity index (χ1n) is 5.86. The zero-order valence-corrected chi connectivity index (χ0v) is 10.8. The molecule has 0 saturated heterocycles. The molecule has 100 valence electrons. The lowest BCUT2D eigenvalue weighted by Crippen LogP contribution is -2.28. The molecule has 1 heterocycles. The molecule has 1 aromatic carbocycles. The molecule has 0 spiro atoms. The second-order valence-electron chi connectivity index (χ2n) is 4.09. The molecule has 0 aliphatic carbocycles. The van der Waals surface area contributed by atoms with Gasteiger partial charge in [-0.25, -0.2) is 4.98 Å². The Labute approximate surface area is 111 Å². The number of hydrogen-bond acceptors (Lipinski definition) is 4. The van der Waals surface area contributed by atoms with Crippen molar-refractivity contribution < 1.29 is 9.53 Å². The maximum absolute atomic E-state index is 12.2. The van der Waals surface area contributed by atoms with E-state index in [4.69, 9.17) is 10.5 Å². The number of H-pyrrole nitrogens is 1. The maximum Gasteiger partial charge on any atom is 0.257 e. The molecule has 1 unspecified atom stereocenters. The van der Waals surface area contributed by atoms with Crippen LogP contribution in [0.25, 0.3) is 0 Å². The lowest BCUT2D eigenvalue weighted by molar-refractivity contribution is 0.0936. The topological polar surface area (TPSA) is 93.0 Å². The number of imidazole rings is 1. The van der Waals surface area contributed by atoms with E-state index in [-0.39, 0.29) is 11.9 Å². The summed E-state index contributed by atoms with van der Waals surface area (Å²) in [6, 6.07) is 4.85. The van der Waals surface area contributed by atoms with Crippen LogP contribution in [0.3, 0.4) is 0 Å².